The second-order valence-electron chi connectivity index (χ2n) is 4.47. The van der Waals surface area contributed by atoms with Crippen molar-refractivity contribution in [2.75, 3.05) is 6.61 Å². The van der Waals surface area contributed by atoms with Crippen molar-refractivity contribution in [1.82, 2.24) is 5.32 Å². The van der Waals surface area contributed by atoms with Crippen LogP contribution in [0.25, 0.3) is 0 Å². The molecular formula is C13H18BrNO2. The molecule has 3 nitrogen and oxygen atoms in total. The van der Waals surface area contributed by atoms with E-state index in [1.807, 2.05) is 18.2 Å². The summed E-state index contributed by atoms with van der Waals surface area (Å²) in [6.07, 6.45) is 2.58. The van der Waals surface area contributed by atoms with E-state index in [4.69, 9.17) is 4.74 Å². The van der Waals surface area contributed by atoms with Gasteiger partial charge in [0.1, 0.15) is 5.75 Å². The monoisotopic (exact) mass is 299 g/mol. The van der Waals surface area contributed by atoms with Gasteiger partial charge in [-0.15, -0.1) is 0 Å². The number of hydrogen-bond donors (Lipinski definition) is 2. The number of halogens is 1. The summed E-state index contributed by atoms with van der Waals surface area (Å²) < 4.78 is 6.36. The Labute approximate surface area is 110 Å². The van der Waals surface area contributed by atoms with Crippen molar-refractivity contribution in [3.05, 3.63) is 28.2 Å². The highest BCUT2D eigenvalue weighted by molar-refractivity contribution is 9.10. The average Bonchev–Trinajstić information content (AvgIpc) is 2.84. The lowest BCUT2D eigenvalue weighted by Gasteiger charge is -2.20. The molecule has 2 atom stereocenters. The average molecular weight is 300 g/mol. The number of nitrogens with one attached hydrogen (secondary N) is 1. The first kappa shape index (κ1) is 12.9. The molecule has 0 spiro atoms. The standard InChI is InChI=1S/C13H18BrNO2/c1-9(12-6-3-7-17-12)15-8-10-4-2-5-11(14)13(10)16/h2,4-5,9,12,15-16H,3,6-8H2,1H3. The van der Waals surface area contributed by atoms with E-state index >= 15 is 0 Å². The normalized spacial score (nSPS) is 21.6. The Morgan fingerprint density at radius 2 is 2.41 bits per heavy atom. The number of hydrogen-bond acceptors (Lipinski definition) is 3. The van der Waals surface area contributed by atoms with Gasteiger partial charge in [0.2, 0.25) is 0 Å². The van der Waals surface area contributed by atoms with E-state index in [2.05, 4.69) is 28.2 Å². The van der Waals surface area contributed by atoms with Crippen LogP contribution >= 0.6 is 15.9 Å². The second kappa shape index (κ2) is 5.85. The smallest absolute Gasteiger partial charge is 0.134 e. The molecule has 1 fully saturated rings. The first-order valence-electron chi connectivity index (χ1n) is 6.00. The largest absolute Gasteiger partial charge is 0.506 e. The van der Waals surface area contributed by atoms with Crippen LogP contribution in [0.3, 0.4) is 0 Å². The van der Waals surface area contributed by atoms with Crippen molar-refractivity contribution < 1.29 is 9.84 Å². The second-order valence-corrected chi connectivity index (χ2v) is 5.32. The highest BCUT2D eigenvalue weighted by Crippen LogP contribution is 2.27. The van der Waals surface area contributed by atoms with Gasteiger partial charge in [0, 0.05) is 24.8 Å². The summed E-state index contributed by atoms with van der Waals surface area (Å²) in [4.78, 5) is 0. The quantitative estimate of drug-likeness (QED) is 0.898. The van der Waals surface area contributed by atoms with Crippen molar-refractivity contribution in [2.24, 2.45) is 0 Å². The number of benzene rings is 1. The van der Waals surface area contributed by atoms with Crippen molar-refractivity contribution in [3.63, 3.8) is 0 Å². The van der Waals surface area contributed by atoms with Gasteiger partial charge in [-0.1, -0.05) is 12.1 Å². The minimum Gasteiger partial charge on any atom is -0.506 e. The lowest BCUT2D eigenvalue weighted by molar-refractivity contribution is 0.0831. The van der Waals surface area contributed by atoms with Gasteiger partial charge in [0.05, 0.1) is 10.6 Å². The molecule has 1 aliphatic rings. The fourth-order valence-electron chi connectivity index (χ4n) is 2.10. The summed E-state index contributed by atoms with van der Waals surface area (Å²) in [6.45, 7) is 3.66. The van der Waals surface area contributed by atoms with Crippen molar-refractivity contribution >= 4 is 15.9 Å². The van der Waals surface area contributed by atoms with Crippen LogP contribution in [0.1, 0.15) is 25.3 Å². The highest BCUT2D eigenvalue weighted by Gasteiger charge is 2.21. The van der Waals surface area contributed by atoms with Crippen LogP contribution < -0.4 is 5.32 Å². The molecule has 94 valence electrons. The molecule has 0 saturated carbocycles. The van der Waals surface area contributed by atoms with E-state index in [-0.39, 0.29) is 0 Å². The van der Waals surface area contributed by atoms with E-state index in [9.17, 15) is 5.11 Å². The number of aromatic hydroxyl groups is 1. The van der Waals surface area contributed by atoms with E-state index in [0.717, 1.165) is 29.5 Å². The van der Waals surface area contributed by atoms with Crippen LogP contribution in [0.5, 0.6) is 5.75 Å². The van der Waals surface area contributed by atoms with Gasteiger partial charge < -0.3 is 15.2 Å². The molecule has 1 saturated heterocycles. The highest BCUT2D eigenvalue weighted by atomic mass is 79.9. The third-order valence-electron chi connectivity index (χ3n) is 3.21. The summed E-state index contributed by atoms with van der Waals surface area (Å²) >= 11 is 3.32. The molecule has 4 heteroatoms. The molecule has 0 aromatic heterocycles. The molecule has 0 radical (unpaired) electrons. The Morgan fingerprint density at radius 1 is 1.59 bits per heavy atom. The Hall–Kier alpha value is -0.580. The van der Waals surface area contributed by atoms with Gasteiger partial charge in [-0.25, -0.2) is 0 Å². The minimum absolute atomic E-state index is 0.310. The summed E-state index contributed by atoms with van der Waals surface area (Å²) in [5.41, 5.74) is 0.907. The Bertz CT molecular complexity index is 378. The predicted molar refractivity (Wildman–Crippen MR) is 71.1 cm³/mol. The number of para-hydroxylation sites is 1. The third-order valence-corrected chi connectivity index (χ3v) is 3.85. The molecule has 2 N–H and O–H groups in total. The fourth-order valence-corrected chi connectivity index (χ4v) is 2.51. The Balaban J connectivity index is 1.90. The van der Waals surface area contributed by atoms with E-state index in [1.165, 1.54) is 0 Å². The molecule has 1 heterocycles. The topological polar surface area (TPSA) is 41.5 Å². The van der Waals surface area contributed by atoms with Gasteiger partial charge >= 0.3 is 0 Å². The van der Waals surface area contributed by atoms with E-state index < -0.39 is 0 Å². The number of phenolic OH excluding ortho intramolecular Hbond substituents is 1. The first-order chi connectivity index (χ1) is 8.18. The predicted octanol–water partition coefficient (Wildman–Crippen LogP) is 2.81. The van der Waals surface area contributed by atoms with Crippen LogP contribution in [0, 0.1) is 0 Å². The Morgan fingerprint density at radius 3 is 3.12 bits per heavy atom. The van der Waals surface area contributed by atoms with Crippen LogP contribution in [-0.4, -0.2) is 23.9 Å². The summed E-state index contributed by atoms with van der Waals surface area (Å²) in [5, 5.41) is 13.3. The summed E-state index contributed by atoms with van der Waals surface area (Å²) in [7, 11) is 0. The van der Waals surface area contributed by atoms with Gasteiger partial charge in [-0.05, 0) is 41.8 Å². The van der Waals surface area contributed by atoms with Crippen molar-refractivity contribution in [3.8, 4) is 5.75 Å². The van der Waals surface area contributed by atoms with Crippen LogP contribution in [-0.2, 0) is 11.3 Å². The SMILES string of the molecule is CC(NCc1cccc(Br)c1O)C1CCCO1. The van der Waals surface area contributed by atoms with Crippen LogP contribution in [0.4, 0.5) is 0 Å². The lowest BCUT2D eigenvalue weighted by atomic mass is 10.1. The van der Waals surface area contributed by atoms with Gasteiger partial charge in [0.25, 0.3) is 0 Å². The molecule has 17 heavy (non-hydrogen) atoms. The van der Waals surface area contributed by atoms with Gasteiger partial charge in [-0.3, -0.25) is 0 Å². The third kappa shape index (κ3) is 3.21. The number of ether oxygens (including phenoxy) is 1. The zero-order valence-corrected chi connectivity index (χ0v) is 11.5. The van der Waals surface area contributed by atoms with E-state index in [1.54, 1.807) is 0 Å². The summed E-state index contributed by atoms with van der Waals surface area (Å²) in [6, 6.07) is 6.01. The molecule has 1 aromatic carbocycles. The van der Waals surface area contributed by atoms with Gasteiger partial charge in [-0.2, -0.15) is 0 Å². The first-order valence-corrected chi connectivity index (χ1v) is 6.79. The van der Waals surface area contributed by atoms with Crippen LogP contribution in [0.2, 0.25) is 0 Å². The lowest BCUT2D eigenvalue weighted by Crippen LogP contribution is -2.36. The maximum absolute atomic E-state index is 9.86. The molecule has 0 amide bonds. The summed E-state index contributed by atoms with van der Waals surface area (Å²) in [5.74, 6) is 0.319. The molecule has 0 aliphatic carbocycles. The van der Waals surface area contributed by atoms with Gasteiger partial charge in [0.15, 0.2) is 0 Å². The maximum atomic E-state index is 9.86. The Kier molecular flexibility index (Phi) is 4.42. The molecule has 1 aromatic rings. The zero-order valence-electron chi connectivity index (χ0n) is 9.95. The molecule has 1 aliphatic heterocycles. The maximum Gasteiger partial charge on any atom is 0.134 e. The molecule has 2 unspecified atom stereocenters. The molecule has 2 rings (SSSR count). The van der Waals surface area contributed by atoms with Crippen molar-refractivity contribution in [1.29, 1.82) is 0 Å². The minimum atomic E-state index is 0.310. The van der Waals surface area contributed by atoms with Crippen molar-refractivity contribution in [2.45, 2.75) is 38.5 Å². The zero-order chi connectivity index (χ0) is 12.3. The fraction of sp³-hybridized carbons (Fsp3) is 0.538. The number of rotatable bonds is 4. The van der Waals surface area contributed by atoms with Crippen LogP contribution in [0.15, 0.2) is 22.7 Å². The number of phenols is 1. The molecule has 0 bridgehead atoms. The van der Waals surface area contributed by atoms with E-state index in [0.29, 0.717) is 24.4 Å². The molecular weight excluding hydrogens is 282 g/mol.